The Hall–Kier alpha value is -2.20. The van der Waals surface area contributed by atoms with Gasteiger partial charge in [0.1, 0.15) is 6.10 Å². The first-order valence-corrected chi connectivity index (χ1v) is 4.73. The number of hydrogen-bond donors (Lipinski definition) is 1. The molecule has 0 radical (unpaired) electrons. The minimum atomic E-state index is -0.867. The van der Waals surface area contributed by atoms with E-state index in [-0.39, 0.29) is 6.54 Å². The lowest BCUT2D eigenvalue weighted by atomic mass is 10.1. The molecule has 0 saturated carbocycles. The Kier molecular flexibility index (Phi) is 4.69. The first kappa shape index (κ1) is 11.9. The fourth-order valence-corrected chi connectivity index (χ4v) is 1.31. The zero-order valence-electron chi connectivity index (χ0n) is 8.61. The zero-order chi connectivity index (χ0) is 11.8. The van der Waals surface area contributed by atoms with Crippen LogP contribution in [0.5, 0.6) is 0 Å². The predicted octanol–water partition coefficient (Wildman–Crippen LogP) is 2.00. The van der Waals surface area contributed by atoms with Gasteiger partial charge < -0.3 is 10.5 Å². The van der Waals surface area contributed by atoms with Crippen molar-refractivity contribution in [3.8, 4) is 0 Å². The summed E-state index contributed by atoms with van der Waals surface area (Å²) in [5.74, 6) is 0. The summed E-state index contributed by atoms with van der Waals surface area (Å²) in [6, 6.07) is 9.44. The number of carbonyl (C=O) groups excluding carboxylic acids is 1. The maximum atomic E-state index is 10.6. The van der Waals surface area contributed by atoms with Crippen LogP contribution in [0.3, 0.4) is 0 Å². The van der Waals surface area contributed by atoms with E-state index in [0.717, 1.165) is 5.56 Å². The molecule has 84 valence electrons. The number of ether oxygens (including phenoxy) is 1. The van der Waals surface area contributed by atoms with Gasteiger partial charge in [0.15, 0.2) is 0 Å². The minimum Gasteiger partial charge on any atom is -0.446 e. The second-order valence-corrected chi connectivity index (χ2v) is 3.16. The lowest BCUT2D eigenvalue weighted by Crippen LogP contribution is -2.26. The Morgan fingerprint density at radius 2 is 2.19 bits per heavy atom. The van der Waals surface area contributed by atoms with Gasteiger partial charge in [0.05, 0.1) is 6.54 Å². The molecular weight excluding hydrogens is 208 g/mol. The van der Waals surface area contributed by atoms with Gasteiger partial charge in [0, 0.05) is 11.3 Å². The Balaban J connectivity index is 2.62. The van der Waals surface area contributed by atoms with E-state index in [0.29, 0.717) is 6.42 Å². The molecule has 0 bridgehead atoms. The fourth-order valence-electron chi connectivity index (χ4n) is 1.31. The van der Waals surface area contributed by atoms with Crippen LogP contribution in [-0.4, -0.2) is 18.7 Å². The molecule has 2 N–H and O–H groups in total. The third kappa shape index (κ3) is 4.34. The zero-order valence-corrected chi connectivity index (χ0v) is 8.61. The van der Waals surface area contributed by atoms with Crippen LogP contribution < -0.4 is 5.73 Å². The van der Waals surface area contributed by atoms with Crippen molar-refractivity contribution in [2.75, 3.05) is 6.54 Å². The van der Waals surface area contributed by atoms with E-state index in [9.17, 15) is 4.79 Å². The third-order valence-electron chi connectivity index (χ3n) is 1.94. The number of hydrogen-bond acceptors (Lipinski definition) is 3. The van der Waals surface area contributed by atoms with E-state index in [4.69, 9.17) is 16.0 Å². The van der Waals surface area contributed by atoms with Gasteiger partial charge in [-0.2, -0.15) is 0 Å². The number of carbonyl (C=O) groups is 1. The molecule has 6 nitrogen and oxygen atoms in total. The first-order chi connectivity index (χ1) is 7.72. The smallest absolute Gasteiger partial charge is 0.404 e. The van der Waals surface area contributed by atoms with Crippen molar-refractivity contribution in [3.05, 3.63) is 46.3 Å². The predicted molar refractivity (Wildman–Crippen MR) is 58.6 cm³/mol. The molecule has 1 rings (SSSR count). The van der Waals surface area contributed by atoms with Gasteiger partial charge in [-0.1, -0.05) is 35.4 Å². The van der Waals surface area contributed by atoms with E-state index in [1.165, 1.54) is 0 Å². The number of benzene rings is 1. The number of primary amides is 1. The topological polar surface area (TPSA) is 101 Å². The van der Waals surface area contributed by atoms with Gasteiger partial charge >= 0.3 is 6.09 Å². The summed E-state index contributed by atoms with van der Waals surface area (Å²) >= 11 is 0. The normalized spacial score (nSPS) is 11.2. The Morgan fingerprint density at radius 1 is 1.50 bits per heavy atom. The minimum absolute atomic E-state index is 0.0777. The average Bonchev–Trinajstić information content (AvgIpc) is 2.26. The van der Waals surface area contributed by atoms with Crippen LogP contribution in [0.15, 0.2) is 35.4 Å². The molecule has 1 aromatic carbocycles. The van der Waals surface area contributed by atoms with Crippen LogP contribution in [0.1, 0.15) is 5.56 Å². The molecule has 0 heterocycles. The number of azide groups is 1. The highest BCUT2D eigenvalue weighted by molar-refractivity contribution is 5.64. The van der Waals surface area contributed by atoms with Crippen LogP contribution in [0, 0.1) is 0 Å². The van der Waals surface area contributed by atoms with Crippen LogP contribution >= 0.6 is 0 Å². The first-order valence-electron chi connectivity index (χ1n) is 4.73. The highest BCUT2D eigenvalue weighted by Gasteiger charge is 2.12. The van der Waals surface area contributed by atoms with Crippen molar-refractivity contribution in [2.45, 2.75) is 12.5 Å². The van der Waals surface area contributed by atoms with E-state index >= 15 is 0 Å². The molecule has 1 unspecified atom stereocenters. The summed E-state index contributed by atoms with van der Waals surface area (Å²) in [6.07, 6.45) is -0.909. The van der Waals surface area contributed by atoms with Gasteiger partial charge in [-0.05, 0) is 11.1 Å². The SMILES string of the molecule is [N-]=[N+]=NCC(Cc1ccccc1)OC(N)=O. The van der Waals surface area contributed by atoms with Crippen LogP contribution in [0.25, 0.3) is 10.4 Å². The van der Waals surface area contributed by atoms with Gasteiger partial charge in [-0.3, -0.25) is 0 Å². The standard InChI is InChI=1S/C10H12N4O2/c11-10(15)16-9(7-13-14-12)6-8-4-2-1-3-5-8/h1-5,9H,6-7H2,(H2,11,15). The number of amides is 1. The number of nitrogens with zero attached hydrogens (tertiary/aromatic N) is 3. The molecule has 0 aliphatic heterocycles. The third-order valence-corrected chi connectivity index (χ3v) is 1.94. The van der Waals surface area contributed by atoms with Crippen LogP contribution in [0.2, 0.25) is 0 Å². The van der Waals surface area contributed by atoms with E-state index in [2.05, 4.69) is 10.0 Å². The molecule has 6 heteroatoms. The maximum Gasteiger partial charge on any atom is 0.404 e. The summed E-state index contributed by atoms with van der Waals surface area (Å²) in [5.41, 5.74) is 14.1. The summed E-state index contributed by atoms with van der Waals surface area (Å²) in [5, 5.41) is 3.37. The highest BCUT2D eigenvalue weighted by atomic mass is 16.6. The molecule has 1 amide bonds. The quantitative estimate of drug-likeness (QED) is 0.466. The van der Waals surface area contributed by atoms with Gasteiger partial charge in [-0.15, -0.1) is 0 Å². The average molecular weight is 220 g/mol. The molecule has 0 aromatic heterocycles. The lowest BCUT2D eigenvalue weighted by molar-refractivity contribution is 0.111. The number of nitrogens with two attached hydrogens (primary N) is 1. The second kappa shape index (κ2) is 6.31. The summed E-state index contributed by atoms with van der Waals surface area (Å²) in [6.45, 7) is 0.0777. The van der Waals surface area contributed by atoms with Crippen molar-refractivity contribution < 1.29 is 9.53 Å². The van der Waals surface area contributed by atoms with Crippen molar-refractivity contribution in [2.24, 2.45) is 10.8 Å². The molecule has 0 aliphatic rings. The number of rotatable bonds is 5. The summed E-state index contributed by atoms with van der Waals surface area (Å²) in [7, 11) is 0. The van der Waals surface area contributed by atoms with Crippen molar-refractivity contribution in [3.63, 3.8) is 0 Å². The Morgan fingerprint density at radius 3 is 2.75 bits per heavy atom. The van der Waals surface area contributed by atoms with E-state index in [1.54, 1.807) is 0 Å². The molecule has 1 atom stereocenters. The van der Waals surface area contributed by atoms with Crippen LogP contribution in [0.4, 0.5) is 4.79 Å². The van der Waals surface area contributed by atoms with Gasteiger partial charge in [0.25, 0.3) is 0 Å². The van der Waals surface area contributed by atoms with Crippen LogP contribution in [-0.2, 0) is 11.2 Å². The fraction of sp³-hybridized carbons (Fsp3) is 0.300. The molecular formula is C10H12N4O2. The monoisotopic (exact) mass is 220 g/mol. The van der Waals surface area contributed by atoms with Crippen molar-refractivity contribution in [1.82, 2.24) is 0 Å². The maximum absolute atomic E-state index is 10.6. The molecule has 0 fully saturated rings. The summed E-state index contributed by atoms with van der Waals surface area (Å²) < 4.78 is 4.83. The molecule has 0 aliphatic carbocycles. The Bertz CT molecular complexity index is 383. The molecule has 16 heavy (non-hydrogen) atoms. The summed E-state index contributed by atoms with van der Waals surface area (Å²) in [4.78, 5) is 13.2. The van der Waals surface area contributed by atoms with Crippen molar-refractivity contribution >= 4 is 6.09 Å². The Labute approximate surface area is 92.6 Å². The molecule has 0 spiro atoms. The van der Waals surface area contributed by atoms with Crippen molar-refractivity contribution in [1.29, 1.82) is 0 Å². The second-order valence-electron chi connectivity index (χ2n) is 3.16. The lowest BCUT2D eigenvalue weighted by Gasteiger charge is -2.13. The molecule has 1 aromatic rings. The van der Waals surface area contributed by atoms with E-state index < -0.39 is 12.2 Å². The largest absolute Gasteiger partial charge is 0.446 e. The van der Waals surface area contributed by atoms with Gasteiger partial charge in [0.2, 0.25) is 0 Å². The van der Waals surface area contributed by atoms with E-state index in [1.807, 2.05) is 30.3 Å². The highest BCUT2D eigenvalue weighted by Crippen LogP contribution is 2.06. The van der Waals surface area contributed by atoms with Gasteiger partial charge in [-0.25, -0.2) is 4.79 Å². The molecule has 0 saturated heterocycles.